The molecule has 1 rings (SSSR count). The number of carbonyl (C=O) groups is 1. The highest BCUT2D eigenvalue weighted by Crippen LogP contribution is 2.06. The van der Waals surface area contributed by atoms with E-state index in [2.05, 4.69) is 10.4 Å². The van der Waals surface area contributed by atoms with Crippen LogP contribution in [-0.2, 0) is 0 Å². The third kappa shape index (κ3) is 1.31. The summed E-state index contributed by atoms with van der Waals surface area (Å²) in [6.45, 7) is 2.60. The van der Waals surface area contributed by atoms with Gasteiger partial charge in [0.2, 0.25) is 0 Å². The van der Waals surface area contributed by atoms with Gasteiger partial charge in [0.05, 0.1) is 0 Å². The molecule has 0 spiro atoms. The second-order valence-corrected chi connectivity index (χ2v) is 2.22. The number of amides is 1. The summed E-state index contributed by atoms with van der Waals surface area (Å²) >= 11 is 0. The largest absolute Gasteiger partial charge is 0.382 e. The zero-order chi connectivity index (χ0) is 9.14. The predicted molar refractivity (Wildman–Crippen MR) is 45.1 cm³/mol. The molecule has 0 aliphatic carbocycles. The number of nitrogen functional groups attached to an aromatic ring is 1. The first-order valence-electron chi connectivity index (χ1n) is 3.53. The van der Waals surface area contributed by atoms with Gasteiger partial charge in [-0.05, 0) is 6.92 Å². The number of nitrogens with zero attached hydrogens (tertiary/aromatic N) is 2. The van der Waals surface area contributed by atoms with Crippen LogP contribution < -0.4 is 16.9 Å². The van der Waals surface area contributed by atoms with Gasteiger partial charge in [-0.2, -0.15) is 0 Å². The van der Waals surface area contributed by atoms with E-state index in [1.165, 1.54) is 11.0 Å². The van der Waals surface area contributed by atoms with Crippen LogP contribution in [0.4, 0.5) is 5.82 Å². The summed E-state index contributed by atoms with van der Waals surface area (Å²) in [6.07, 6.45) is 1.42. The van der Waals surface area contributed by atoms with Crippen LogP contribution in [0.25, 0.3) is 0 Å². The summed E-state index contributed by atoms with van der Waals surface area (Å²) in [5, 5.41) is 0. The summed E-state index contributed by atoms with van der Waals surface area (Å²) < 4.78 is 1.46. The van der Waals surface area contributed by atoms with Crippen molar-refractivity contribution in [3.05, 3.63) is 12.0 Å². The lowest BCUT2D eigenvalue weighted by Crippen LogP contribution is -2.18. The lowest BCUT2D eigenvalue weighted by atomic mass is 10.4. The fourth-order valence-electron chi connectivity index (χ4n) is 0.844. The van der Waals surface area contributed by atoms with E-state index in [-0.39, 0.29) is 11.5 Å². The molecule has 1 aromatic rings. The minimum Gasteiger partial charge on any atom is -0.382 e. The Morgan fingerprint density at radius 1 is 1.83 bits per heavy atom. The van der Waals surface area contributed by atoms with Gasteiger partial charge in [-0.1, -0.05) is 0 Å². The van der Waals surface area contributed by atoms with E-state index < -0.39 is 5.91 Å². The summed E-state index contributed by atoms with van der Waals surface area (Å²) in [5.41, 5.74) is 13.5. The van der Waals surface area contributed by atoms with Crippen LogP contribution in [0.3, 0.4) is 0 Å². The lowest BCUT2D eigenvalue weighted by molar-refractivity contribution is 0.0997. The summed E-state index contributed by atoms with van der Waals surface area (Å²) in [4.78, 5) is 14.4. The highest BCUT2D eigenvalue weighted by molar-refractivity contribution is 5.95. The number of nitrogens with two attached hydrogens (primary N) is 2. The van der Waals surface area contributed by atoms with Crippen LogP contribution in [0, 0.1) is 0 Å². The molecule has 0 unspecified atom stereocenters. The molecule has 1 heterocycles. The number of hydrogen-bond acceptors (Lipinski definition) is 4. The molecule has 6 nitrogen and oxygen atoms in total. The average Bonchev–Trinajstić information content (AvgIpc) is 2.34. The molecular weight excluding hydrogens is 158 g/mol. The van der Waals surface area contributed by atoms with Crippen molar-refractivity contribution in [1.82, 2.24) is 9.66 Å². The van der Waals surface area contributed by atoms with E-state index >= 15 is 0 Å². The maximum atomic E-state index is 10.7. The molecule has 0 saturated heterocycles. The number of imidazole rings is 1. The maximum absolute atomic E-state index is 10.7. The van der Waals surface area contributed by atoms with Gasteiger partial charge in [-0.25, -0.2) is 9.66 Å². The molecule has 0 fully saturated rings. The molecule has 0 aromatic carbocycles. The van der Waals surface area contributed by atoms with Gasteiger partial charge in [-0.15, -0.1) is 0 Å². The third-order valence-corrected chi connectivity index (χ3v) is 1.37. The van der Waals surface area contributed by atoms with Gasteiger partial charge in [0.1, 0.15) is 6.33 Å². The second kappa shape index (κ2) is 3.12. The standard InChI is InChI=1S/C6H11N5O/c1-2-10-11-3-9-4(5(11)7)6(8)12/h3,10H,2,7H2,1H3,(H2,8,12). The molecule has 12 heavy (non-hydrogen) atoms. The van der Waals surface area contributed by atoms with E-state index in [1.807, 2.05) is 6.92 Å². The Morgan fingerprint density at radius 3 is 2.92 bits per heavy atom. The van der Waals surface area contributed by atoms with Gasteiger partial charge < -0.3 is 16.9 Å². The maximum Gasteiger partial charge on any atom is 0.271 e. The quantitative estimate of drug-likeness (QED) is 0.547. The Hall–Kier alpha value is -1.72. The zero-order valence-corrected chi connectivity index (χ0v) is 6.74. The van der Waals surface area contributed by atoms with Crippen LogP contribution in [0.1, 0.15) is 17.4 Å². The number of hydrogen-bond donors (Lipinski definition) is 3. The molecule has 6 heteroatoms. The average molecular weight is 169 g/mol. The number of carbonyl (C=O) groups excluding carboxylic acids is 1. The Morgan fingerprint density at radius 2 is 2.50 bits per heavy atom. The van der Waals surface area contributed by atoms with E-state index in [0.29, 0.717) is 6.54 Å². The molecule has 66 valence electrons. The summed E-state index contributed by atoms with van der Waals surface area (Å²) in [5.74, 6) is -0.381. The lowest BCUT2D eigenvalue weighted by Gasteiger charge is -2.04. The first-order valence-corrected chi connectivity index (χ1v) is 3.53. The Kier molecular flexibility index (Phi) is 2.18. The molecule has 0 aliphatic rings. The number of aromatic nitrogens is 2. The van der Waals surface area contributed by atoms with Crippen LogP contribution >= 0.6 is 0 Å². The molecule has 5 N–H and O–H groups in total. The van der Waals surface area contributed by atoms with Crippen LogP contribution in [-0.4, -0.2) is 22.1 Å². The molecule has 0 aliphatic heterocycles. The highest BCUT2D eigenvalue weighted by Gasteiger charge is 2.11. The molecule has 0 bridgehead atoms. The molecule has 0 atom stereocenters. The van der Waals surface area contributed by atoms with E-state index in [9.17, 15) is 4.79 Å². The van der Waals surface area contributed by atoms with Crippen molar-refractivity contribution >= 4 is 11.7 Å². The van der Waals surface area contributed by atoms with Crippen LogP contribution in [0.2, 0.25) is 0 Å². The minimum absolute atomic E-state index is 0.0935. The second-order valence-electron chi connectivity index (χ2n) is 2.22. The Balaban J connectivity index is 2.96. The Bertz CT molecular complexity index is 292. The van der Waals surface area contributed by atoms with Crippen molar-refractivity contribution in [2.75, 3.05) is 17.7 Å². The molecule has 1 aromatic heterocycles. The molecule has 1 amide bonds. The van der Waals surface area contributed by atoms with Crippen LogP contribution in [0.15, 0.2) is 6.33 Å². The van der Waals surface area contributed by atoms with Crippen molar-refractivity contribution in [2.24, 2.45) is 5.73 Å². The Labute approximate surface area is 69.5 Å². The van der Waals surface area contributed by atoms with E-state index in [0.717, 1.165) is 0 Å². The fourth-order valence-corrected chi connectivity index (χ4v) is 0.844. The van der Waals surface area contributed by atoms with E-state index in [1.54, 1.807) is 0 Å². The fraction of sp³-hybridized carbons (Fsp3) is 0.333. The number of primary amides is 1. The number of nitrogens with one attached hydrogen (secondary N) is 1. The van der Waals surface area contributed by atoms with Crippen molar-refractivity contribution < 1.29 is 4.79 Å². The van der Waals surface area contributed by atoms with Gasteiger partial charge >= 0.3 is 0 Å². The normalized spacial score (nSPS) is 9.75. The van der Waals surface area contributed by atoms with Gasteiger partial charge in [0.15, 0.2) is 11.5 Å². The van der Waals surface area contributed by atoms with Crippen molar-refractivity contribution in [3.63, 3.8) is 0 Å². The van der Waals surface area contributed by atoms with Crippen LogP contribution in [0.5, 0.6) is 0 Å². The van der Waals surface area contributed by atoms with Gasteiger partial charge in [-0.3, -0.25) is 4.79 Å². The van der Waals surface area contributed by atoms with Crippen molar-refractivity contribution in [1.29, 1.82) is 0 Å². The number of anilines is 1. The van der Waals surface area contributed by atoms with E-state index in [4.69, 9.17) is 11.5 Å². The topological polar surface area (TPSA) is 99.0 Å². The minimum atomic E-state index is -0.621. The van der Waals surface area contributed by atoms with Gasteiger partial charge in [0, 0.05) is 6.54 Å². The number of rotatable bonds is 3. The predicted octanol–water partition coefficient (Wildman–Crippen LogP) is -0.872. The van der Waals surface area contributed by atoms with Gasteiger partial charge in [0.25, 0.3) is 5.91 Å². The SMILES string of the molecule is CCNn1cnc(C(N)=O)c1N. The molecule has 0 saturated carbocycles. The smallest absolute Gasteiger partial charge is 0.271 e. The zero-order valence-electron chi connectivity index (χ0n) is 6.74. The van der Waals surface area contributed by atoms with Crippen molar-refractivity contribution in [3.8, 4) is 0 Å². The molecule has 0 radical (unpaired) electrons. The summed E-state index contributed by atoms with van der Waals surface area (Å²) in [6, 6.07) is 0. The first-order chi connectivity index (χ1) is 5.66. The first kappa shape index (κ1) is 8.38. The third-order valence-electron chi connectivity index (χ3n) is 1.37. The highest BCUT2D eigenvalue weighted by atomic mass is 16.1. The monoisotopic (exact) mass is 169 g/mol. The van der Waals surface area contributed by atoms with Crippen molar-refractivity contribution in [2.45, 2.75) is 6.92 Å². The molecular formula is C6H11N5O. The summed E-state index contributed by atoms with van der Waals surface area (Å²) in [7, 11) is 0.